The first kappa shape index (κ1) is 13.0. The lowest BCUT2D eigenvalue weighted by atomic mass is 9.83. The van der Waals surface area contributed by atoms with Crippen LogP contribution in [0.2, 0.25) is 0 Å². The van der Waals surface area contributed by atoms with Gasteiger partial charge in [0.15, 0.2) is 0 Å². The molecule has 0 aromatic carbocycles. The summed E-state index contributed by atoms with van der Waals surface area (Å²) in [5, 5.41) is 9.83. The fourth-order valence-electron chi connectivity index (χ4n) is 2.59. The highest BCUT2D eigenvalue weighted by Gasteiger charge is 2.22. The first-order valence-electron chi connectivity index (χ1n) is 6.48. The smallest absolute Gasteiger partial charge is 0.0709 e. The van der Waals surface area contributed by atoms with Gasteiger partial charge in [-0.25, -0.2) is 0 Å². The Labute approximate surface area is 94.2 Å². The number of aliphatic hydroxyl groups is 1. The Morgan fingerprint density at radius 1 is 1.20 bits per heavy atom. The maximum atomic E-state index is 9.83. The summed E-state index contributed by atoms with van der Waals surface area (Å²) < 4.78 is 0. The van der Waals surface area contributed by atoms with Gasteiger partial charge in [-0.2, -0.15) is 0 Å². The van der Waals surface area contributed by atoms with E-state index in [0.717, 1.165) is 12.8 Å². The molecular weight excluding hydrogens is 186 g/mol. The third kappa shape index (κ3) is 4.98. The molecule has 1 aliphatic carbocycles. The highest BCUT2D eigenvalue weighted by atomic mass is 16.3. The topological polar surface area (TPSA) is 44.0 Å². The van der Waals surface area contributed by atoms with Gasteiger partial charge in [-0.1, -0.05) is 46.0 Å². The summed E-state index contributed by atoms with van der Waals surface area (Å²) >= 11 is 0. The number of hydrogen-bond acceptors (Lipinski definition) is 1. The van der Waals surface area contributed by atoms with Gasteiger partial charge in [0, 0.05) is 6.04 Å². The molecule has 2 unspecified atom stereocenters. The summed E-state index contributed by atoms with van der Waals surface area (Å²) in [5.41, 5.74) is 7.96. The average Bonchev–Trinajstić information content (AvgIpc) is 2.18. The molecule has 1 saturated carbocycles. The lowest BCUT2D eigenvalue weighted by Gasteiger charge is -2.27. The van der Waals surface area contributed by atoms with E-state index in [2.05, 4.69) is 13.8 Å². The Morgan fingerprint density at radius 2 is 1.80 bits per heavy atom. The Hall–Kier alpha value is -0.0800. The van der Waals surface area contributed by atoms with Crippen LogP contribution in [0.1, 0.15) is 58.8 Å². The first-order valence-corrected chi connectivity index (χ1v) is 6.48. The fourth-order valence-corrected chi connectivity index (χ4v) is 2.59. The fraction of sp³-hybridized carbons (Fsp3) is 1.00. The zero-order chi connectivity index (χ0) is 11.3. The standard InChI is InChI=1S/C13H26NO/c1-10(2)8-13(15)12(14)9-11-6-4-3-5-7-11/h10-15H,3-9H2,1-2H3. The molecule has 2 nitrogen and oxygen atoms in total. The van der Waals surface area contributed by atoms with E-state index in [1.807, 2.05) is 0 Å². The summed E-state index contributed by atoms with van der Waals surface area (Å²) in [6.07, 6.45) is 7.87. The Kier molecular flexibility index (Phi) is 5.62. The molecule has 0 bridgehead atoms. The van der Waals surface area contributed by atoms with Crippen LogP contribution < -0.4 is 5.73 Å². The second kappa shape index (κ2) is 6.49. The monoisotopic (exact) mass is 212 g/mol. The molecule has 89 valence electrons. The van der Waals surface area contributed by atoms with Crippen molar-refractivity contribution in [2.24, 2.45) is 11.8 Å². The number of nitrogens with one attached hydrogen (secondary N) is 1. The van der Waals surface area contributed by atoms with Crippen molar-refractivity contribution in [3.63, 3.8) is 0 Å². The predicted octanol–water partition coefficient (Wildman–Crippen LogP) is 3.02. The molecule has 1 rings (SSSR count). The van der Waals surface area contributed by atoms with Gasteiger partial charge >= 0.3 is 0 Å². The average molecular weight is 212 g/mol. The van der Waals surface area contributed by atoms with E-state index < -0.39 is 6.10 Å². The van der Waals surface area contributed by atoms with Crippen molar-refractivity contribution in [3.8, 4) is 0 Å². The van der Waals surface area contributed by atoms with Gasteiger partial charge in [-0.15, -0.1) is 0 Å². The maximum Gasteiger partial charge on any atom is 0.0709 e. The van der Waals surface area contributed by atoms with E-state index >= 15 is 0 Å². The molecule has 2 N–H and O–H groups in total. The molecule has 0 aromatic rings. The normalized spacial score (nSPS) is 23.0. The van der Waals surface area contributed by atoms with E-state index in [-0.39, 0.29) is 6.04 Å². The van der Waals surface area contributed by atoms with Crippen LogP contribution in [0.4, 0.5) is 0 Å². The van der Waals surface area contributed by atoms with Crippen LogP contribution >= 0.6 is 0 Å². The number of hydrogen-bond donors (Lipinski definition) is 1. The first-order chi connectivity index (χ1) is 7.09. The lowest BCUT2D eigenvalue weighted by molar-refractivity contribution is 0.103. The van der Waals surface area contributed by atoms with Gasteiger partial charge in [-0.05, 0) is 24.7 Å². The molecule has 1 fully saturated rings. The molecule has 0 amide bonds. The molecule has 1 radical (unpaired) electrons. The van der Waals surface area contributed by atoms with Crippen LogP contribution in [0.5, 0.6) is 0 Å². The summed E-state index contributed by atoms with van der Waals surface area (Å²) in [4.78, 5) is 0. The Balaban J connectivity index is 2.23. The summed E-state index contributed by atoms with van der Waals surface area (Å²) in [6.45, 7) is 4.22. The van der Waals surface area contributed by atoms with Gasteiger partial charge in [-0.3, -0.25) is 5.73 Å². The van der Waals surface area contributed by atoms with E-state index in [4.69, 9.17) is 5.73 Å². The van der Waals surface area contributed by atoms with Crippen molar-refractivity contribution in [2.75, 3.05) is 0 Å². The zero-order valence-corrected chi connectivity index (χ0v) is 10.2. The molecule has 2 atom stereocenters. The van der Waals surface area contributed by atoms with Crippen LogP contribution in [0, 0.1) is 11.8 Å². The van der Waals surface area contributed by atoms with Crippen molar-refractivity contribution in [3.05, 3.63) is 0 Å². The Bertz CT molecular complexity index is 164. The van der Waals surface area contributed by atoms with E-state index in [1.165, 1.54) is 32.1 Å². The molecule has 15 heavy (non-hydrogen) atoms. The maximum absolute atomic E-state index is 9.83. The van der Waals surface area contributed by atoms with E-state index in [9.17, 15) is 5.11 Å². The third-order valence-electron chi connectivity index (χ3n) is 3.49. The van der Waals surface area contributed by atoms with Gasteiger partial charge in [0.05, 0.1) is 6.10 Å². The molecule has 0 spiro atoms. The Morgan fingerprint density at radius 3 is 2.33 bits per heavy atom. The third-order valence-corrected chi connectivity index (χ3v) is 3.49. The van der Waals surface area contributed by atoms with Crippen molar-refractivity contribution in [1.29, 1.82) is 0 Å². The zero-order valence-electron chi connectivity index (χ0n) is 10.2. The minimum Gasteiger partial charge on any atom is -0.391 e. The summed E-state index contributed by atoms with van der Waals surface area (Å²) in [5.74, 6) is 1.21. The van der Waals surface area contributed by atoms with Gasteiger partial charge < -0.3 is 5.11 Å². The molecule has 2 heteroatoms. The predicted molar refractivity (Wildman–Crippen MR) is 63.5 cm³/mol. The molecule has 0 heterocycles. The van der Waals surface area contributed by atoms with E-state index in [1.54, 1.807) is 0 Å². The molecule has 1 aliphatic rings. The molecule has 0 aromatic heterocycles. The summed E-state index contributed by atoms with van der Waals surface area (Å²) in [6, 6.07) is -0.254. The van der Waals surface area contributed by atoms with Gasteiger partial charge in [0.25, 0.3) is 0 Å². The second-order valence-corrected chi connectivity index (χ2v) is 5.54. The minimum atomic E-state index is -0.410. The van der Waals surface area contributed by atoms with Crippen LogP contribution in [0.25, 0.3) is 0 Å². The van der Waals surface area contributed by atoms with Crippen LogP contribution in [-0.4, -0.2) is 17.3 Å². The number of rotatable bonds is 5. The quantitative estimate of drug-likeness (QED) is 0.748. The molecule has 0 saturated heterocycles. The van der Waals surface area contributed by atoms with Crippen molar-refractivity contribution in [1.82, 2.24) is 5.73 Å². The molecular formula is C13H26NO. The lowest BCUT2D eigenvalue weighted by Crippen LogP contribution is -2.31. The molecule has 0 aliphatic heterocycles. The van der Waals surface area contributed by atoms with Crippen molar-refractivity contribution in [2.45, 2.75) is 70.9 Å². The van der Waals surface area contributed by atoms with E-state index in [0.29, 0.717) is 11.8 Å². The van der Waals surface area contributed by atoms with Gasteiger partial charge in [0.2, 0.25) is 0 Å². The highest BCUT2D eigenvalue weighted by molar-refractivity contribution is 4.77. The second-order valence-electron chi connectivity index (χ2n) is 5.54. The van der Waals surface area contributed by atoms with Gasteiger partial charge in [0.1, 0.15) is 0 Å². The minimum absolute atomic E-state index is 0.254. The largest absolute Gasteiger partial charge is 0.391 e. The van der Waals surface area contributed by atoms with Crippen LogP contribution in [0.3, 0.4) is 0 Å². The number of aliphatic hydroxyl groups excluding tert-OH is 1. The summed E-state index contributed by atoms with van der Waals surface area (Å²) in [7, 11) is 0. The van der Waals surface area contributed by atoms with Crippen LogP contribution in [0.15, 0.2) is 0 Å². The van der Waals surface area contributed by atoms with Crippen molar-refractivity contribution < 1.29 is 5.11 Å². The SMILES string of the molecule is CC(C)CC(O)C([NH])CC1CCCCC1. The highest BCUT2D eigenvalue weighted by Crippen LogP contribution is 2.28. The van der Waals surface area contributed by atoms with Crippen molar-refractivity contribution >= 4 is 0 Å². The van der Waals surface area contributed by atoms with Crippen LogP contribution in [-0.2, 0) is 0 Å².